The monoisotopic (exact) mass is 521 g/mol. The second-order valence-electron chi connectivity index (χ2n) is 10.2. The van der Waals surface area contributed by atoms with Crippen molar-refractivity contribution in [2.24, 2.45) is 5.92 Å². The number of benzene rings is 1. The summed E-state index contributed by atoms with van der Waals surface area (Å²) in [5, 5.41) is 9.22. The maximum absolute atomic E-state index is 15.0. The Kier molecular flexibility index (Phi) is 5.40. The Hall–Kier alpha value is -4.66. The van der Waals surface area contributed by atoms with Gasteiger partial charge in [-0.25, -0.2) is 18.3 Å². The van der Waals surface area contributed by atoms with Crippen LogP contribution in [0.4, 0.5) is 8.78 Å². The highest BCUT2D eigenvalue weighted by Crippen LogP contribution is 2.43. The Labute approximate surface area is 223 Å². The van der Waals surface area contributed by atoms with Gasteiger partial charge in [0.1, 0.15) is 17.3 Å². The van der Waals surface area contributed by atoms with E-state index in [4.69, 9.17) is 0 Å². The zero-order valence-corrected chi connectivity index (χ0v) is 21.5. The van der Waals surface area contributed by atoms with Gasteiger partial charge in [0.15, 0.2) is 5.65 Å². The van der Waals surface area contributed by atoms with E-state index in [-0.39, 0.29) is 17.6 Å². The third kappa shape index (κ3) is 4.20. The molecule has 39 heavy (non-hydrogen) atoms. The van der Waals surface area contributed by atoms with Crippen LogP contribution in [0.2, 0.25) is 0 Å². The highest BCUT2D eigenvalue weighted by atomic mass is 19.1. The fourth-order valence-corrected chi connectivity index (χ4v) is 5.24. The molecule has 194 valence electrons. The summed E-state index contributed by atoms with van der Waals surface area (Å²) in [6, 6.07) is 17.3. The van der Waals surface area contributed by atoms with E-state index < -0.39 is 5.82 Å². The molecule has 5 aromatic heterocycles. The van der Waals surface area contributed by atoms with Crippen molar-refractivity contribution in [3.8, 4) is 28.5 Å². The van der Waals surface area contributed by atoms with Gasteiger partial charge in [-0.1, -0.05) is 12.1 Å². The molecule has 1 fully saturated rings. The Bertz CT molecular complexity index is 1810. The molecular formula is C30H25F2N7. The first-order chi connectivity index (χ1) is 18.9. The number of pyridine rings is 2. The second kappa shape index (κ2) is 8.97. The van der Waals surface area contributed by atoms with Crippen molar-refractivity contribution >= 4 is 5.65 Å². The summed E-state index contributed by atoms with van der Waals surface area (Å²) in [5.41, 5.74) is 5.93. The number of halogens is 2. The fourth-order valence-electron chi connectivity index (χ4n) is 5.24. The predicted molar refractivity (Wildman–Crippen MR) is 143 cm³/mol. The summed E-state index contributed by atoms with van der Waals surface area (Å²) < 4.78 is 34.1. The van der Waals surface area contributed by atoms with Gasteiger partial charge in [0.25, 0.3) is 5.95 Å². The van der Waals surface area contributed by atoms with Gasteiger partial charge in [-0.05, 0) is 86.7 Å². The van der Waals surface area contributed by atoms with Crippen molar-refractivity contribution in [1.82, 2.24) is 33.9 Å². The maximum atomic E-state index is 15.0. The van der Waals surface area contributed by atoms with Crippen LogP contribution in [0.5, 0.6) is 0 Å². The van der Waals surface area contributed by atoms with Crippen LogP contribution in [0.25, 0.3) is 34.1 Å². The zero-order valence-electron chi connectivity index (χ0n) is 21.5. The molecule has 7 nitrogen and oxygen atoms in total. The SMILES string of the molecule is Cc1ccc(C)n1-c1nc2cc(-c3nc(-c4cnn(C(c5ccc(F)cc5)C5CC5)c4)ccc3F)ccn2n1. The van der Waals surface area contributed by atoms with Crippen LogP contribution in [0.1, 0.15) is 35.8 Å². The largest absolute Gasteiger partial charge is 0.286 e. The minimum Gasteiger partial charge on any atom is -0.286 e. The van der Waals surface area contributed by atoms with E-state index in [0.29, 0.717) is 28.8 Å². The number of hydrogen-bond donors (Lipinski definition) is 0. The molecule has 9 heteroatoms. The summed E-state index contributed by atoms with van der Waals surface area (Å²) in [7, 11) is 0. The number of aromatic nitrogens is 7. The molecule has 7 rings (SSSR count). The van der Waals surface area contributed by atoms with Gasteiger partial charge in [-0.2, -0.15) is 10.1 Å². The minimum absolute atomic E-state index is 0.0244. The van der Waals surface area contributed by atoms with Crippen LogP contribution in [0, 0.1) is 31.4 Å². The number of fused-ring (bicyclic) bond motifs is 1. The molecule has 0 bridgehead atoms. The lowest BCUT2D eigenvalue weighted by Gasteiger charge is -2.17. The molecule has 1 aromatic carbocycles. The molecule has 0 spiro atoms. The van der Waals surface area contributed by atoms with Crippen molar-refractivity contribution in [2.75, 3.05) is 0 Å². The summed E-state index contributed by atoms with van der Waals surface area (Å²) in [4.78, 5) is 9.36. The summed E-state index contributed by atoms with van der Waals surface area (Å²) in [5.74, 6) is 0.342. The number of rotatable bonds is 6. The van der Waals surface area contributed by atoms with E-state index in [9.17, 15) is 4.39 Å². The normalized spacial score (nSPS) is 14.3. The Balaban J connectivity index is 1.23. The molecule has 0 amide bonds. The number of hydrogen-bond acceptors (Lipinski definition) is 4. The lowest BCUT2D eigenvalue weighted by Crippen LogP contribution is -2.13. The van der Waals surface area contributed by atoms with Crippen LogP contribution in [0.15, 0.2) is 79.3 Å². The lowest BCUT2D eigenvalue weighted by molar-refractivity contribution is 0.470. The molecule has 0 N–H and O–H groups in total. The molecule has 1 unspecified atom stereocenters. The molecule has 6 aromatic rings. The van der Waals surface area contributed by atoms with Crippen molar-refractivity contribution in [2.45, 2.75) is 32.7 Å². The van der Waals surface area contributed by atoms with Gasteiger partial charge in [-0.15, -0.1) is 5.10 Å². The maximum Gasteiger partial charge on any atom is 0.254 e. The quantitative estimate of drug-likeness (QED) is 0.257. The van der Waals surface area contributed by atoms with Crippen LogP contribution in [-0.4, -0.2) is 33.9 Å². The van der Waals surface area contributed by atoms with Crippen LogP contribution >= 0.6 is 0 Å². The average molecular weight is 522 g/mol. The van der Waals surface area contributed by atoms with E-state index in [1.54, 1.807) is 35.1 Å². The highest BCUT2D eigenvalue weighted by Gasteiger charge is 2.34. The van der Waals surface area contributed by atoms with Crippen molar-refractivity contribution in [1.29, 1.82) is 0 Å². The fraction of sp³-hybridized carbons (Fsp3) is 0.200. The third-order valence-electron chi connectivity index (χ3n) is 7.38. The van der Waals surface area contributed by atoms with E-state index in [1.807, 2.05) is 53.6 Å². The van der Waals surface area contributed by atoms with Gasteiger partial charge < -0.3 is 0 Å². The van der Waals surface area contributed by atoms with Gasteiger partial charge in [0.05, 0.1) is 17.9 Å². The first kappa shape index (κ1) is 23.5. The summed E-state index contributed by atoms with van der Waals surface area (Å²) in [6.45, 7) is 4.01. The topological polar surface area (TPSA) is 65.8 Å². The number of aryl methyl sites for hydroxylation is 2. The Morgan fingerprint density at radius 1 is 0.872 bits per heavy atom. The Morgan fingerprint density at radius 3 is 2.38 bits per heavy atom. The Morgan fingerprint density at radius 2 is 1.64 bits per heavy atom. The van der Waals surface area contributed by atoms with E-state index in [2.05, 4.69) is 20.2 Å². The van der Waals surface area contributed by atoms with E-state index in [1.165, 1.54) is 18.2 Å². The first-order valence-corrected chi connectivity index (χ1v) is 12.9. The molecule has 0 radical (unpaired) electrons. The zero-order chi connectivity index (χ0) is 26.7. The van der Waals surface area contributed by atoms with Crippen molar-refractivity contribution in [3.63, 3.8) is 0 Å². The molecule has 0 saturated heterocycles. The average Bonchev–Trinajstić information content (AvgIpc) is 3.33. The predicted octanol–water partition coefficient (Wildman–Crippen LogP) is 6.34. The highest BCUT2D eigenvalue weighted by molar-refractivity contribution is 5.68. The standard InChI is InChI=1S/C30H25F2N7/c1-18-3-4-19(2)39(18)30-35-27-15-22(13-14-37(27)36-30)28-25(32)11-12-26(34-28)23-16-33-38(17-23)29(20-5-6-20)21-7-9-24(31)10-8-21/h3-4,7-17,20,29H,5-6H2,1-2H3. The van der Waals surface area contributed by atoms with Crippen LogP contribution in [-0.2, 0) is 0 Å². The smallest absolute Gasteiger partial charge is 0.254 e. The molecule has 1 aliphatic rings. The molecule has 1 saturated carbocycles. The van der Waals surface area contributed by atoms with Crippen LogP contribution in [0.3, 0.4) is 0 Å². The van der Waals surface area contributed by atoms with E-state index in [0.717, 1.165) is 35.4 Å². The molecule has 5 heterocycles. The molecule has 1 atom stereocenters. The third-order valence-corrected chi connectivity index (χ3v) is 7.38. The van der Waals surface area contributed by atoms with Gasteiger partial charge in [0.2, 0.25) is 0 Å². The van der Waals surface area contributed by atoms with Gasteiger partial charge >= 0.3 is 0 Å². The van der Waals surface area contributed by atoms with Crippen molar-refractivity contribution in [3.05, 3.63) is 108 Å². The summed E-state index contributed by atoms with van der Waals surface area (Å²) >= 11 is 0. The van der Waals surface area contributed by atoms with Crippen molar-refractivity contribution < 1.29 is 8.78 Å². The molecule has 0 aliphatic heterocycles. The molecule has 1 aliphatic carbocycles. The van der Waals surface area contributed by atoms with E-state index >= 15 is 4.39 Å². The second-order valence-corrected chi connectivity index (χ2v) is 10.2. The minimum atomic E-state index is -0.422. The summed E-state index contributed by atoms with van der Waals surface area (Å²) in [6.07, 6.45) is 7.66. The number of nitrogens with zero attached hydrogens (tertiary/aromatic N) is 7. The lowest BCUT2D eigenvalue weighted by atomic mass is 10.0. The van der Waals surface area contributed by atoms with Gasteiger partial charge in [-0.3, -0.25) is 9.25 Å². The first-order valence-electron chi connectivity index (χ1n) is 12.9. The molecular weight excluding hydrogens is 496 g/mol. The van der Waals surface area contributed by atoms with Gasteiger partial charge in [0, 0.05) is 34.9 Å². The van der Waals surface area contributed by atoms with Crippen LogP contribution < -0.4 is 0 Å².